The zero-order chi connectivity index (χ0) is 20.4. The van der Waals surface area contributed by atoms with Gasteiger partial charge in [0.1, 0.15) is 11.9 Å². The van der Waals surface area contributed by atoms with E-state index in [4.69, 9.17) is 9.47 Å². The maximum atomic E-state index is 13.9. The maximum absolute atomic E-state index is 13.9. The molecule has 29 heavy (non-hydrogen) atoms. The lowest BCUT2D eigenvalue weighted by Gasteiger charge is -2.35. The number of hydrogen-bond donors (Lipinski definition) is 1. The zero-order valence-electron chi connectivity index (χ0n) is 16.1. The summed E-state index contributed by atoms with van der Waals surface area (Å²) in [5.74, 6) is 0.115. The van der Waals surface area contributed by atoms with Crippen LogP contribution in [0.4, 0.5) is 4.39 Å². The molecule has 1 fully saturated rings. The van der Waals surface area contributed by atoms with Gasteiger partial charge in [0.2, 0.25) is 6.10 Å². The highest BCUT2D eigenvalue weighted by Gasteiger charge is 2.35. The van der Waals surface area contributed by atoms with E-state index in [9.17, 15) is 14.0 Å². The van der Waals surface area contributed by atoms with Gasteiger partial charge in [-0.3, -0.25) is 9.59 Å². The fourth-order valence-corrected chi connectivity index (χ4v) is 3.72. The molecule has 0 aliphatic carbocycles. The van der Waals surface area contributed by atoms with Crippen LogP contribution in [0.15, 0.2) is 48.5 Å². The third kappa shape index (κ3) is 4.04. The van der Waals surface area contributed by atoms with Crippen LogP contribution >= 0.6 is 0 Å². The second kappa shape index (κ2) is 8.11. The number of likely N-dealkylation sites (tertiary alicyclic amines) is 1. The predicted octanol–water partition coefficient (Wildman–Crippen LogP) is 2.78. The van der Waals surface area contributed by atoms with Crippen molar-refractivity contribution < 1.29 is 23.5 Å². The molecule has 152 valence electrons. The summed E-state index contributed by atoms with van der Waals surface area (Å²) < 4.78 is 25.5. The van der Waals surface area contributed by atoms with Gasteiger partial charge in [-0.2, -0.15) is 0 Å². The quantitative estimate of drug-likeness (QED) is 0.863. The van der Waals surface area contributed by atoms with E-state index in [2.05, 4.69) is 5.32 Å². The molecular weight excluding hydrogens is 375 g/mol. The molecule has 2 aliphatic heterocycles. The summed E-state index contributed by atoms with van der Waals surface area (Å²) in [4.78, 5) is 26.9. The van der Waals surface area contributed by atoms with Crippen LogP contribution in [0.5, 0.6) is 11.5 Å². The van der Waals surface area contributed by atoms with Crippen LogP contribution in [0.1, 0.15) is 30.1 Å². The molecule has 0 radical (unpaired) electrons. The third-order valence-corrected chi connectivity index (χ3v) is 5.33. The Kier molecular flexibility index (Phi) is 5.38. The number of carbonyl (C=O) groups is 2. The Balaban J connectivity index is 1.32. The number of ether oxygens (including phenoxy) is 2. The minimum absolute atomic E-state index is 0.0693. The minimum Gasteiger partial charge on any atom is -0.482 e. The number of rotatable bonds is 3. The van der Waals surface area contributed by atoms with Crippen molar-refractivity contribution in [1.82, 2.24) is 10.2 Å². The number of nitrogens with zero attached hydrogens (tertiary/aromatic N) is 1. The first-order chi connectivity index (χ1) is 14.0. The summed E-state index contributed by atoms with van der Waals surface area (Å²) in [5.41, 5.74) is 0.0789. The molecule has 0 spiro atoms. The highest BCUT2D eigenvalue weighted by atomic mass is 19.1. The van der Waals surface area contributed by atoms with E-state index < -0.39 is 18.0 Å². The van der Waals surface area contributed by atoms with Crippen LogP contribution in [0, 0.1) is 5.82 Å². The Morgan fingerprint density at radius 3 is 2.31 bits per heavy atom. The molecule has 2 atom stereocenters. The Morgan fingerprint density at radius 2 is 1.62 bits per heavy atom. The van der Waals surface area contributed by atoms with Crippen LogP contribution in [0.3, 0.4) is 0 Å². The Hall–Kier alpha value is -3.09. The van der Waals surface area contributed by atoms with E-state index in [0.717, 1.165) is 0 Å². The van der Waals surface area contributed by atoms with Crippen molar-refractivity contribution >= 4 is 11.8 Å². The standard InChI is InChI=1S/C22H23FN2O4/c1-14-20(29-19-9-5-4-8-18(19)28-14)21(26)24-15-10-12-25(13-11-15)22(27)16-6-2-3-7-17(16)23/h2-9,14-15,20H,10-13H2,1H3,(H,24,26). The van der Waals surface area contributed by atoms with Gasteiger partial charge < -0.3 is 19.7 Å². The minimum atomic E-state index is -0.733. The van der Waals surface area contributed by atoms with Gasteiger partial charge in [0.15, 0.2) is 11.5 Å². The molecular formula is C22H23FN2O4. The summed E-state index contributed by atoms with van der Waals surface area (Å²) >= 11 is 0. The third-order valence-electron chi connectivity index (χ3n) is 5.33. The number of fused-ring (bicyclic) bond motifs is 1. The highest BCUT2D eigenvalue weighted by molar-refractivity contribution is 5.94. The molecule has 4 rings (SSSR count). The lowest BCUT2D eigenvalue weighted by Crippen LogP contribution is -2.54. The molecule has 1 N–H and O–H groups in total. The molecule has 2 aliphatic rings. The lowest BCUT2D eigenvalue weighted by atomic mass is 10.0. The predicted molar refractivity (Wildman–Crippen MR) is 104 cm³/mol. The van der Waals surface area contributed by atoms with Gasteiger partial charge in [0.25, 0.3) is 11.8 Å². The summed E-state index contributed by atoms with van der Waals surface area (Å²) in [6.45, 7) is 2.72. The summed E-state index contributed by atoms with van der Waals surface area (Å²) in [6, 6.07) is 13.2. The Morgan fingerprint density at radius 1 is 1.00 bits per heavy atom. The first-order valence-corrected chi connectivity index (χ1v) is 9.79. The van der Waals surface area contributed by atoms with Crippen LogP contribution in [-0.2, 0) is 4.79 Å². The summed E-state index contributed by atoms with van der Waals surface area (Å²) in [7, 11) is 0. The van der Waals surface area contributed by atoms with Gasteiger partial charge in [-0.05, 0) is 44.0 Å². The van der Waals surface area contributed by atoms with Crippen LogP contribution < -0.4 is 14.8 Å². The normalized spacial score (nSPS) is 21.5. The average Bonchev–Trinajstić information content (AvgIpc) is 2.73. The molecule has 6 nitrogen and oxygen atoms in total. The van der Waals surface area contributed by atoms with Crippen LogP contribution in [-0.4, -0.2) is 48.1 Å². The molecule has 0 aromatic heterocycles. The molecule has 0 saturated carbocycles. The Labute approximate surface area is 168 Å². The Bertz CT molecular complexity index is 911. The number of halogens is 1. The number of piperidine rings is 1. The average molecular weight is 398 g/mol. The van der Waals surface area contributed by atoms with Crippen molar-refractivity contribution in [3.05, 3.63) is 59.9 Å². The van der Waals surface area contributed by atoms with Gasteiger partial charge in [-0.25, -0.2) is 4.39 Å². The van der Waals surface area contributed by atoms with Crippen molar-refractivity contribution in [3.8, 4) is 11.5 Å². The SMILES string of the molecule is CC1Oc2ccccc2OC1C(=O)NC1CCN(C(=O)c2ccccc2F)CC1. The van der Waals surface area contributed by atoms with Gasteiger partial charge in [0, 0.05) is 19.1 Å². The van der Waals surface area contributed by atoms with Crippen LogP contribution in [0.25, 0.3) is 0 Å². The number of nitrogens with one attached hydrogen (secondary N) is 1. The molecule has 7 heteroatoms. The monoisotopic (exact) mass is 398 g/mol. The second-order valence-electron chi connectivity index (χ2n) is 7.36. The van der Waals surface area contributed by atoms with Gasteiger partial charge in [-0.15, -0.1) is 0 Å². The molecule has 2 aromatic rings. The highest BCUT2D eigenvalue weighted by Crippen LogP contribution is 2.33. The number of benzene rings is 2. The molecule has 2 aromatic carbocycles. The first kappa shape index (κ1) is 19.2. The molecule has 0 bridgehead atoms. The van der Waals surface area contributed by atoms with E-state index in [0.29, 0.717) is 37.4 Å². The van der Waals surface area contributed by atoms with E-state index in [-0.39, 0.29) is 23.4 Å². The zero-order valence-corrected chi connectivity index (χ0v) is 16.1. The number of hydrogen-bond acceptors (Lipinski definition) is 4. The fourth-order valence-electron chi connectivity index (χ4n) is 3.72. The molecule has 2 amide bonds. The van der Waals surface area contributed by atoms with E-state index >= 15 is 0 Å². The van der Waals surface area contributed by atoms with Gasteiger partial charge in [-0.1, -0.05) is 24.3 Å². The topological polar surface area (TPSA) is 67.9 Å². The van der Waals surface area contributed by atoms with Crippen molar-refractivity contribution in [3.63, 3.8) is 0 Å². The van der Waals surface area contributed by atoms with Crippen LogP contribution in [0.2, 0.25) is 0 Å². The number of carbonyl (C=O) groups excluding carboxylic acids is 2. The van der Waals surface area contributed by atoms with Crippen molar-refractivity contribution in [2.24, 2.45) is 0 Å². The first-order valence-electron chi connectivity index (χ1n) is 9.79. The fraction of sp³-hybridized carbons (Fsp3) is 0.364. The van der Waals surface area contributed by atoms with Gasteiger partial charge >= 0.3 is 0 Å². The lowest BCUT2D eigenvalue weighted by molar-refractivity contribution is -0.134. The van der Waals surface area contributed by atoms with Crippen molar-refractivity contribution in [1.29, 1.82) is 0 Å². The van der Waals surface area contributed by atoms with Gasteiger partial charge in [0.05, 0.1) is 5.56 Å². The summed E-state index contributed by atoms with van der Waals surface area (Å²) in [5, 5.41) is 3.00. The second-order valence-corrected chi connectivity index (χ2v) is 7.36. The smallest absolute Gasteiger partial charge is 0.265 e. The number of para-hydroxylation sites is 2. The maximum Gasteiger partial charge on any atom is 0.265 e. The van der Waals surface area contributed by atoms with E-state index in [1.165, 1.54) is 12.1 Å². The van der Waals surface area contributed by atoms with E-state index in [1.54, 1.807) is 30.0 Å². The van der Waals surface area contributed by atoms with Crippen molar-refractivity contribution in [2.45, 2.75) is 38.0 Å². The summed E-state index contributed by atoms with van der Waals surface area (Å²) in [6.07, 6.45) is 0.0604. The molecule has 1 saturated heterocycles. The molecule has 2 heterocycles. The largest absolute Gasteiger partial charge is 0.482 e. The van der Waals surface area contributed by atoms with E-state index in [1.807, 2.05) is 18.2 Å². The molecule has 2 unspecified atom stereocenters. The van der Waals surface area contributed by atoms with Crippen molar-refractivity contribution in [2.75, 3.05) is 13.1 Å². The number of amides is 2.